The van der Waals surface area contributed by atoms with Crippen LogP contribution in [0.5, 0.6) is 0 Å². The van der Waals surface area contributed by atoms with Crippen molar-refractivity contribution in [1.29, 1.82) is 0 Å². The Morgan fingerprint density at radius 1 is 1.50 bits per heavy atom. The molecule has 2 rings (SSSR count). The molecule has 0 spiro atoms. The summed E-state index contributed by atoms with van der Waals surface area (Å²) in [4.78, 5) is 12.3. The Kier molecular flexibility index (Phi) is 4.14. The van der Waals surface area contributed by atoms with Gasteiger partial charge in [0.25, 0.3) is 5.91 Å². The summed E-state index contributed by atoms with van der Waals surface area (Å²) in [6.45, 7) is 2.49. The normalized spacial score (nSPS) is 18.2. The maximum absolute atomic E-state index is 12.3. The standard InChI is InChI=1S/C13H16Br2N2O/c1-13(7-16,8-2-3-8)17-12(18)10-6-9(14)4-5-11(10)15/h4-6,8H,2-3,7,16H2,1H3,(H,17,18). The van der Waals surface area contributed by atoms with Crippen molar-refractivity contribution in [3.8, 4) is 0 Å². The first kappa shape index (κ1) is 14.0. The van der Waals surface area contributed by atoms with Gasteiger partial charge in [0, 0.05) is 15.5 Å². The first-order valence-corrected chi connectivity index (χ1v) is 7.52. The molecule has 0 heterocycles. The average Bonchev–Trinajstić information content (AvgIpc) is 3.16. The number of carbonyl (C=O) groups is 1. The van der Waals surface area contributed by atoms with Gasteiger partial charge in [0.15, 0.2) is 0 Å². The number of amides is 1. The molecule has 0 radical (unpaired) electrons. The average molecular weight is 376 g/mol. The van der Waals surface area contributed by atoms with Crippen LogP contribution >= 0.6 is 31.9 Å². The lowest BCUT2D eigenvalue weighted by Gasteiger charge is -2.29. The molecule has 1 unspecified atom stereocenters. The lowest BCUT2D eigenvalue weighted by molar-refractivity contribution is 0.0897. The molecule has 1 atom stereocenters. The minimum atomic E-state index is -0.293. The Morgan fingerprint density at radius 3 is 2.72 bits per heavy atom. The summed E-state index contributed by atoms with van der Waals surface area (Å²) in [5, 5.41) is 3.07. The first-order valence-electron chi connectivity index (χ1n) is 5.94. The van der Waals surface area contributed by atoms with E-state index < -0.39 is 0 Å². The number of benzene rings is 1. The maximum atomic E-state index is 12.3. The third-order valence-electron chi connectivity index (χ3n) is 3.47. The highest BCUT2D eigenvalue weighted by molar-refractivity contribution is 9.11. The quantitative estimate of drug-likeness (QED) is 0.849. The molecule has 1 saturated carbocycles. The Balaban J connectivity index is 2.18. The molecule has 3 nitrogen and oxygen atoms in total. The second kappa shape index (κ2) is 5.31. The van der Waals surface area contributed by atoms with Crippen LogP contribution in [0.1, 0.15) is 30.1 Å². The van der Waals surface area contributed by atoms with E-state index in [1.165, 1.54) is 0 Å². The fraction of sp³-hybridized carbons (Fsp3) is 0.462. The van der Waals surface area contributed by atoms with Gasteiger partial charge in [-0.3, -0.25) is 4.79 Å². The Bertz CT molecular complexity index is 474. The zero-order chi connectivity index (χ0) is 13.3. The van der Waals surface area contributed by atoms with Crippen molar-refractivity contribution >= 4 is 37.8 Å². The van der Waals surface area contributed by atoms with Crippen LogP contribution in [0.25, 0.3) is 0 Å². The van der Waals surface area contributed by atoms with Crippen LogP contribution in [0, 0.1) is 5.92 Å². The minimum Gasteiger partial charge on any atom is -0.345 e. The monoisotopic (exact) mass is 374 g/mol. The van der Waals surface area contributed by atoms with Crippen molar-refractivity contribution in [3.63, 3.8) is 0 Å². The van der Waals surface area contributed by atoms with E-state index in [1.54, 1.807) is 0 Å². The van der Waals surface area contributed by atoms with Crippen molar-refractivity contribution in [2.75, 3.05) is 6.54 Å². The molecule has 1 aromatic rings. The van der Waals surface area contributed by atoms with Crippen LogP contribution in [0.15, 0.2) is 27.1 Å². The molecule has 0 saturated heterocycles. The summed E-state index contributed by atoms with van der Waals surface area (Å²) in [5.41, 5.74) is 6.14. The molecule has 1 amide bonds. The molecular formula is C13H16Br2N2O. The number of carbonyl (C=O) groups excluding carboxylic acids is 1. The van der Waals surface area contributed by atoms with Gasteiger partial charge in [-0.1, -0.05) is 15.9 Å². The fourth-order valence-electron chi connectivity index (χ4n) is 2.04. The summed E-state index contributed by atoms with van der Waals surface area (Å²) >= 11 is 6.78. The summed E-state index contributed by atoms with van der Waals surface area (Å²) < 4.78 is 1.68. The number of hydrogen-bond donors (Lipinski definition) is 2. The number of nitrogens with two attached hydrogens (primary N) is 1. The van der Waals surface area contributed by atoms with E-state index in [9.17, 15) is 4.79 Å². The van der Waals surface area contributed by atoms with Gasteiger partial charge >= 0.3 is 0 Å². The second-order valence-electron chi connectivity index (χ2n) is 4.97. The van der Waals surface area contributed by atoms with E-state index >= 15 is 0 Å². The summed E-state index contributed by atoms with van der Waals surface area (Å²) in [7, 11) is 0. The van der Waals surface area contributed by atoms with Crippen LogP contribution in [0.2, 0.25) is 0 Å². The van der Waals surface area contributed by atoms with Crippen LogP contribution < -0.4 is 11.1 Å². The lowest BCUT2D eigenvalue weighted by Crippen LogP contribution is -2.53. The number of halogens is 2. The predicted octanol–water partition coefficient (Wildman–Crippen LogP) is 3.07. The zero-order valence-corrected chi connectivity index (χ0v) is 13.3. The number of hydrogen-bond acceptors (Lipinski definition) is 2. The van der Waals surface area contributed by atoms with Crippen molar-refractivity contribution in [3.05, 3.63) is 32.7 Å². The molecule has 1 aromatic carbocycles. The highest BCUT2D eigenvalue weighted by Crippen LogP contribution is 2.39. The van der Waals surface area contributed by atoms with E-state index in [2.05, 4.69) is 37.2 Å². The van der Waals surface area contributed by atoms with E-state index in [1.807, 2.05) is 25.1 Å². The van der Waals surface area contributed by atoms with Crippen molar-refractivity contribution in [2.45, 2.75) is 25.3 Å². The topological polar surface area (TPSA) is 55.1 Å². The van der Waals surface area contributed by atoms with Gasteiger partial charge in [-0.05, 0) is 59.8 Å². The Morgan fingerprint density at radius 2 is 2.17 bits per heavy atom. The van der Waals surface area contributed by atoms with E-state index in [0.29, 0.717) is 18.0 Å². The lowest BCUT2D eigenvalue weighted by atomic mass is 9.95. The molecule has 0 bridgehead atoms. The third-order valence-corrected chi connectivity index (χ3v) is 4.66. The van der Waals surface area contributed by atoms with Crippen LogP contribution in [0.3, 0.4) is 0 Å². The van der Waals surface area contributed by atoms with Gasteiger partial charge in [-0.2, -0.15) is 0 Å². The molecule has 98 valence electrons. The molecule has 0 aromatic heterocycles. The Labute approximate surface area is 124 Å². The highest BCUT2D eigenvalue weighted by atomic mass is 79.9. The van der Waals surface area contributed by atoms with Crippen LogP contribution in [0.4, 0.5) is 0 Å². The van der Waals surface area contributed by atoms with E-state index in [4.69, 9.17) is 5.73 Å². The molecule has 18 heavy (non-hydrogen) atoms. The van der Waals surface area contributed by atoms with Crippen LogP contribution in [-0.4, -0.2) is 18.0 Å². The van der Waals surface area contributed by atoms with Gasteiger partial charge in [0.2, 0.25) is 0 Å². The molecule has 1 fully saturated rings. The molecular weight excluding hydrogens is 360 g/mol. The molecule has 5 heteroatoms. The second-order valence-corrected chi connectivity index (χ2v) is 6.74. The van der Waals surface area contributed by atoms with Gasteiger partial charge in [0.1, 0.15) is 0 Å². The van der Waals surface area contributed by atoms with Gasteiger partial charge < -0.3 is 11.1 Å². The molecule has 3 N–H and O–H groups in total. The summed E-state index contributed by atoms with van der Waals surface area (Å²) in [6, 6.07) is 5.56. The predicted molar refractivity (Wildman–Crippen MR) is 79.5 cm³/mol. The molecule has 1 aliphatic carbocycles. The van der Waals surface area contributed by atoms with Crippen molar-refractivity contribution in [2.24, 2.45) is 11.7 Å². The number of nitrogens with one attached hydrogen (secondary N) is 1. The third kappa shape index (κ3) is 2.95. The zero-order valence-electron chi connectivity index (χ0n) is 10.2. The molecule has 1 aliphatic rings. The minimum absolute atomic E-state index is 0.0805. The van der Waals surface area contributed by atoms with E-state index in [-0.39, 0.29) is 11.4 Å². The van der Waals surface area contributed by atoms with Gasteiger partial charge in [-0.25, -0.2) is 0 Å². The smallest absolute Gasteiger partial charge is 0.252 e. The summed E-state index contributed by atoms with van der Waals surface area (Å²) in [5.74, 6) is 0.431. The molecule has 0 aliphatic heterocycles. The summed E-state index contributed by atoms with van der Waals surface area (Å²) in [6.07, 6.45) is 2.29. The van der Waals surface area contributed by atoms with Gasteiger partial charge in [-0.15, -0.1) is 0 Å². The van der Waals surface area contributed by atoms with Crippen molar-refractivity contribution in [1.82, 2.24) is 5.32 Å². The number of rotatable bonds is 4. The van der Waals surface area contributed by atoms with Crippen molar-refractivity contribution < 1.29 is 4.79 Å². The first-order chi connectivity index (χ1) is 8.46. The SMILES string of the molecule is CC(CN)(NC(=O)c1cc(Br)ccc1Br)C1CC1. The van der Waals surface area contributed by atoms with Gasteiger partial charge in [0.05, 0.1) is 11.1 Å². The fourth-order valence-corrected chi connectivity index (χ4v) is 2.83. The van der Waals surface area contributed by atoms with Crippen LogP contribution in [-0.2, 0) is 0 Å². The highest BCUT2D eigenvalue weighted by Gasteiger charge is 2.41. The van der Waals surface area contributed by atoms with E-state index in [0.717, 1.165) is 21.8 Å². The Hall–Kier alpha value is -0.390. The maximum Gasteiger partial charge on any atom is 0.252 e. The largest absolute Gasteiger partial charge is 0.345 e.